The van der Waals surface area contributed by atoms with Gasteiger partial charge < -0.3 is 0 Å². The number of thiazole rings is 1. The molecule has 3 aromatic heterocycles. The van der Waals surface area contributed by atoms with Crippen molar-refractivity contribution in [3.05, 3.63) is 67.5 Å². The number of hydrogen-bond donors (Lipinski definition) is 1. The molecule has 148 valence electrons. The van der Waals surface area contributed by atoms with Crippen molar-refractivity contribution in [3.63, 3.8) is 0 Å². The minimum absolute atomic E-state index is 0.275. The van der Waals surface area contributed by atoms with Gasteiger partial charge in [-0.25, -0.2) is 14.6 Å². The number of aromatic nitrogens is 3. The number of carbonyl (C=O) groups is 1. The number of rotatable bonds is 4. The molecule has 1 amide bonds. The van der Waals surface area contributed by atoms with E-state index in [-0.39, 0.29) is 11.5 Å². The summed E-state index contributed by atoms with van der Waals surface area (Å²) in [6.07, 6.45) is 2.33. The maximum atomic E-state index is 12.8. The molecule has 0 unspecified atom stereocenters. The van der Waals surface area contributed by atoms with Crippen LogP contribution in [0.1, 0.15) is 38.3 Å². The van der Waals surface area contributed by atoms with E-state index >= 15 is 0 Å². The second-order valence-electron chi connectivity index (χ2n) is 6.81. The van der Waals surface area contributed by atoms with Crippen LogP contribution in [0, 0.1) is 20.8 Å². The monoisotopic (exact) mass is 424 g/mol. The standard InChI is InChI=1S/C21H20N4O2S2/c1-5-14-6-8-15(9-7-14)19-23-12(3)17(29-19)18(26)24-25-10-22-20-16(21(25)27)11(2)13(4)28-20/h6-10H,5H2,1-4H3,(H,24,26). The highest BCUT2D eigenvalue weighted by Gasteiger charge is 2.18. The third-order valence-electron chi connectivity index (χ3n) is 4.92. The molecular weight excluding hydrogens is 404 g/mol. The van der Waals surface area contributed by atoms with E-state index in [0.29, 0.717) is 20.8 Å². The predicted octanol–water partition coefficient (Wildman–Crippen LogP) is 4.45. The van der Waals surface area contributed by atoms with E-state index in [1.54, 1.807) is 6.92 Å². The molecule has 0 saturated carbocycles. The maximum Gasteiger partial charge on any atom is 0.282 e. The molecule has 1 N–H and O–H groups in total. The maximum absolute atomic E-state index is 12.8. The minimum Gasteiger partial charge on any atom is -0.267 e. The van der Waals surface area contributed by atoms with E-state index in [2.05, 4.69) is 34.5 Å². The lowest BCUT2D eigenvalue weighted by molar-refractivity contribution is 0.101. The summed E-state index contributed by atoms with van der Waals surface area (Å²) in [6, 6.07) is 8.17. The second-order valence-corrected chi connectivity index (χ2v) is 9.01. The smallest absolute Gasteiger partial charge is 0.267 e. The summed E-state index contributed by atoms with van der Waals surface area (Å²) in [6.45, 7) is 7.76. The first kappa shape index (κ1) is 19.5. The lowest BCUT2D eigenvalue weighted by Crippen LogP contribution is -2.33. The second kappa shape index (κ2) is 7.53. The molecule has 6 nitrogen and oxygen atoms in total. The molecule has 0 fully saturated rings. The fourth-order valence-corrected chi connectivity index (χ4v) is 5.04. The third-order valence-corrected chi connectivity index (χ3v) is 7.24. The van der Waals surface area contributed by atoms with Gasteiger partial charge in [0.05, 0.1) is 11.1 Å². The van der Waals surface area contributed by atoms with Gasteiger partial charge in [0, 0.05) is 10.4 Å². The minimum atomic E-state index is -0.371. The van der Waals surface area contributed by atoms with Gasteiger partial charge in [0.2, 0.25) is 0 Å². The SMILES string of the molecule is CCc1ccc(-c2nc(C)c(C(=O)Nn3cnc4sc(C)c(C)c4c3=O)s2)cc1. The van der Waals surface area contributed by atoms with Crippen LogP contribution in [0.5, 0.6) is 0 Å². The molecular formula is C21H20N4O2S2. The first-order chi connectivity index (χ1) is 13.9. The highest BCUT2D eigenvalue weighted by atomic mass is 32.1. The Morgan fingerprint density at radius 1 is 1.14 bits per heavy atom. The largest absolute Gasteiger partial charge is 0.282 e. The number of fused-ring (bicyclic) bond motifs is 1. The van der Waals surface area contributed by atoms with Gasteiger partial charge in [0.1, 0.15) is 21.0 Å². The molecule has 0 bridgehead atoms. The van der Waals surface area contributed by atoms with Crippen LogP contribution in [0.4, 0.5) is 0 Å². The molecule has 0 saturated heterocycles. The van der Waals surface area contributed by atoms with Crippen LogP contribution in [0.2, 0.25) is 0 Å². The molecule has 4 aromatic rings. The van der Waals surface area contributed by atoms with Crippen LogP contribution >= 0.6 is 22.7 Å². The van der Waals surface area contributed by atoms with E-state index in [4.69, 9.17) is 0 Å². The van der Waals surface area contributed by atoms with Crippen molar-refractivity contribution in [2.75, 3.05) is 5.43 Å². The number of amides is 1. The van der Waals surface area contributed by atoms with Gasteiger partial charge in [-0.2, -0.15) is 0 Å². The van der Waals surface area contributed by atoms with E-state index in [9.17, 15) is 9.59 Å². The van der Waals surface area contributed by atoms with Crippen molar-refractivity contribution < 1.29 is 4.79 Å². The zero-order valence-corrected chi connectivity index (χ0v) is 18.2. The quantitative estimate of drug-likeness (QED) is 0.525. The molecule has 0 aliphatic rings. The number of thiophene rings is 1. The van der Waals surface area contributed by atoms with Gasteiger partial charge in [0.15, 0.2) is 0 Å². The van der Waals surface area contributed by atoms with Crippen LogP contribution in [0.3, 0.4) is 0 Å². The highest BCUT2D eigenvalue weighted by molar-refractivity contribution is 7.18. The summed E-state index contributed by atoms with van der Waals surface area (Å²) >= 11 is 2.79. The van der Waals surface area contributed by atoms with Crippen molar-refractivity contribution >= 4 is 38.8 Å². The molecule has 1 aromatic carbocycles. The van der Waals surface area contributed by atoms with Crippen LogP contribution in [0.15, 0.2) is 35.4 Å². The molecule has 0 aliphatic carbocycles. The predicted molar refractivity (Wildman–Crippen MR) is 119 cm³/mol. The summed E-state index contributed by atoms with van der Waals surface area (Å²) in [7, 11) is 0. The number of nitrogens with zero attached hydrogens (tertiary/aromatic N) is 3. The van der Waals surface area contributed by atoms with Crippen LogP contribution < -0.4 is 11.0 Å². The van der Waals surface area contributed by atoms with E-state index in [0.717, 1.165) is 32.1 Å². The number of benzene rings is 1. The van der Waals surface area contributed by atoms with Crippen molar-refractivity contribution in [1.29, 1.82) is 0 Å². The Labute approximate surface area is 175 Å². The number of nitrogens with one attached hydrogen (secondary N) is 1. The first-order valence-corrected chi connectivity index (χ1v) is 10.9. The summed E-state index contributed by atoms with van der Waals surface area (Å²) < 4.78 is 1.15. The van der Waals surface area contributed by atoms with Crippen LogP contribution in [0.25, 0.3) is 20.8 Å². The van der Waals surface area contributed by atoms with E-state index in [1.165, 1.54) is 34.6 Å². The van der Waals surface area contributed by atoms with Crippen LogP contribution in [-0.2, 0) is 6.42 Å². The number of carbonyl (C=O) groups excluding carboxylic acids is 1. The lowest BCUT2D eigenvalue weighted by Gasteiger charge is -2.06. The Kier molecular flexibility index (Phi) is 5.06. The molecule has 0 atom stereocenters. The molecule has 3 heterocycles. The van der Waals surface area contributed by atoms with E-state index < -0.39 is 0 Å². The normalized spacial score (nSPS) is 11.2. The summed E-state index contributed by atoms with van der Waals surface area (Å²) in [5.41, 5.74) is 6.14. The van der Waals surface area contributed by atoms with E-state index in [1.807, 2.05) is 26.0 Å². The molecule has 4 rings (SSSR count). The third kappa shape index (κ3) is 3.49. The van der Waals surface area contributed by atoms with Gasteiger partial charge in [0.25, 0.3) is 11.5 Å². The Morgan fingerprint density at radius 3 is 2.55 bits per heavy atom. The number of aryl methyl sites for hydroxylation is 4. The fourth-order valence-electron chi connectivity index (χ4n) is 3.09. The van der Waals surface area contributed by atoms with Gasteiger partial charge in [-0.3, -0.25) is 15.0 Å². The Balaban J connectivity index is 1.64. The van der Waals surface area contributed by atoms with Crippen molar-refractivity contribution in [2.45, 2.75) is 34.1 Å². The van der Waals surface area contributed by atoms with Crippen LogP contribution in [-0.4, -0.2) is 20.6 Å². The lowest BCUT2D eigenvalue weighted by atomic mass is 10.1. The molecule has 0 radical (unpaired) electrons. The van der Waals surface area contributed by atoms with Crippen molar-refractivity contribution in [3.8, 4) is 10.6 Å². The van der Waals surface area contributed by atoms with Gasteiger partial charge >= 0.3 is 0 Å². The molecule has 0 aliphatic heterocycles. The summed E-state index contributed by atoms with van der Waals surface area (Å²) in [5, 5.41) is 1.33. The van der Waals surface area contributed by atoms with Gasteiger partial charge in [-0.05, 0) is 38.3 Å². The summed E-state index contributed by atoms with van der Waals surface area (Å²) in [5.74, 6) is -0.371. The van der Waals surface area contributed by atoms with Gasteiger partial charge in [-0.15, -0.1) is 22.7 Å². The molecule has 8 heteroatoms. The Hall–Kier alpha value is -2.84. The zero-order valence-electron chi connectivity index (χ0n) is 16.6. The molecule has 0 spiro atoms. The number of hydrogen-bond acceptors (Lipinski definition) is 6. The average molecular weight is 425 g/mol. The first-order valence-electron chi connectivity index (χ1n) is 9.24. The highest BCUT2D eigenvalue weighted by Crippen LogP contribution is 2.29. The Bertz CT molecular complexity index is 1280. The zero-order chi connectivity index (χ0) is 20.7. The molecule has 29 heavy (non-hydrogen) atoms. The van der Waals surface area contributed by atoms with Crippen molar-refractivity contribution in [2.24, 2.45) is 0 Å². The topological polar surface area (TPSA) is 76.9 Å². The fraction of sp³-hybridized carbons (Fsp3) is 0.238. The average Bonchev–Trinajstić information content (AvgIpc) is 3.24. The summed E-state index contributed by atoms with van der Waals surface area (Å²) in [4.78, 5) is 36.7. The van der Waals surface area contributed by atoms with Crippen molar-refractivity contribution in [1.82, 2.24) is 14.6 Å². The van der Waals surface area contributed by atoms with Gasteiger partial charge in [-0.1, -0.05) is 31.2 Å². The Morgan fingerprint density at radius 2 is 1.86 bits per heavy atom.